The summed E-state index contributed by atoms with van der Waals surface area (Å²) < 4.78 is 5.93. The Kier molecular flexibility index (Phi) is 3.57. The molecule has 0 atom stereocenters. The fraction of sp³-hybridized carbons (Fsp3) is 1.00. The lowest BCUT2D eigenvalue weighted by Crippen LogP contribution is -2.32. The van der Waals surface area contributed by atoms with Crippen LogP contribution in [0.25, 0.3) is 0 Å². The molecule has 12 heavy (non-hydrogen) atoms. The minimum Gasteiger partial charge on any atom is -0.375 e. The molecule has 0 bridgehead atoms. The van der Waals surface area contributed by atoms with Crippen LogP contribution in [0.4, 0.5) is 0 Å². The number of rotatable bonds is 3. The van der Waals surface area contributed by atoms with E-state index in [4.69, 9.17) is 4.74 Å². The van der Waals surface area contributed by atoms with E-state index >= 15 is 0 Å². The monoisotopic (exact) mass is 170 g/mol. The Hall–Kier alpha value is -0.0400. The van der Waals surface area contributed by atoms with Crippen molar-refractivity contribution in [2.24, 2.45) is 5.92 Å². The smallest absolute Gasteiger partial charge is 0.0654 e. The van der Waals surface area contributed by atoms with E-state index in [1.54, 1.807) is 0 Å². The second-order valence-corrected chi connectivity index (χ2v) is 4.72. The summed E-state index contributed by atoms with van der Waals surface area (Å²) in [7, 11) is 0. The van der Waals surface area contributed by atoms with Gasteiger partial charge in [0, 0.05) is 6.61 Å². The quantitative estimate of drug-likeness (QED) is 0.631. The molecule has 0 saturated heterocycles. The van der Waals surface area contributed by atoms with Crippen molar-refractivity contribution in [2.45, 2.75) is 58.5 Å². The molecule has 0 unspecified atom stereocenters. The minimum atomic E-state index is 0.211. The Morgan fingerprint density at radius 2 is 1.75 bits per heavy atom. The molecule has 0 aromatic heterocycles. The molecule has 0 heterocycles. The molecule has 0 amide bonds. The van der Waals surface area contributed by atoms with Gasteiger partial charge in [0.05, 0.1) is 5.60 Å². The molecule has 1 heteroatoms. The largest absolute Gasteiger partial charge is 0.375 e. The summed E-state index contributed by atoms with van der Waals surface area (Å²) in [6.45, 7) is 7.63. The molecular formula is C11H22O. The van der Waals surface area contributed by atoms with E-state index in [1.807, 2.05) is 0 Å². The second kappa shape index (κ2) is 4.27. The first-order valence-electron chi connectivity index (χ1n) is 5.26. The second-order valence-electron chi connectivity index (χ2n) is 4.72. The van der Waals surface area contributed by atoms with Crippen molar-refractivity contribution in [3.05, 3.63) is 0 Å². The van der Waals surface area contributed by atoms with Gasteiger partial charge in [0.1, 0.15) is 0 Å². The van der Waals surface area contributed by atoms with Crippen LogP contribution in [0.15, 0.2) is 0 Å². The predicted octanol–water partition coefficient (Wildman–Crippen LogP) is 3.38. The lowest BCUT2D eigenvalue weighted by molar-refractivity contribution is -0.0664. The van der Waals surface area contributed by atoms with Crippen LogP contribution < -0.4 is 0 Å². The van der Waals surface area contributed by atoms with Crippen molar-refractivity contribution < 1.29 is 4.74 Å². The van der Waals surface area contributed by atoms with Gasteiger partial charge in [-0.3, -0.25) is 0 Å². The van der Waals surface area contributed by atoms with Gasteiger partial charge in [-0.05, 0) is 25.7 Å². The normalized spacial score (nSPS) is 23.0. The Morgan fingerprint density at radius 1 is 1.17 bits per heavy atom. The van der Waals surface area contributed by atoms with Crippen molar-refractivity contribution in [1.29, 1.82) is 0 Å². The molecule has 1 nitrogen and oxygen atoms in total. The third kappa shape index (κ3) is 3.14. The lowest BCUT2D eigenvalue weighted by Gasteiger charge is -2.34. The highest BCUT2D eigenvalue weighted by atomic mass is 16.5. The Morgan fingerprint density at radius 3 is 2.25 bits per heavy atom. The molecule has 1 aliphatic rings. The Balaban J connectivity index is 2.26. The zero-order valence-electron chi connectivity index (χ0n) is 8.73. The molecule has 0 aromatic rings. The maximum absolute atomic E-state index is 5.93. The maximum Gasteiger partial charge on any atom is 0.0654 e. The van der Waals surface area contributed by atoms with Crippen LogP contribution in [0.5, 0.6) is 0 Å². The van der Waals surface area contributed by atoms with Gasteiger partial charge in [-0.1, -0.05) is 33.1 Å². The maximum atomic E-state index is 5.93. The SMILES string of the molecule is CC(C)COC1(C)CCCCC1. The van der Waals surface area contributed by atoms with Crippen molar-refractivity contribution in [3.8, 4) is 0 Å². The van der Waals surface area contributed by atoms with E-state index in [0.29, 0.717) is 5.92 Å². The summed E-state index contributed by atoms with van der Waals surface area (Å²) in [4.78, 5) is 0. The first-order valence-corrected chi connectivity index (χ1v) is 5.26. The highest BCUT2D eigenvalue weighted by Crippen LogP contribution is 2.31. The van der Waals surface area contributed by atoms with Crippen molar-refractivity contribution in [1.82, 2.24) is 0 Å². The van der Waals surface area contributed by atoms with E-state index in [-0.39, 0.29) is 5.60 Å². The highest BCUT2D eigenvalue weighted by molar-refractivity contribution is 4.79. The molecule has 1 saturated carbocycles. The zero-order valence-corrected chi connectivity index (χ0v) is 8.73. The van der Waals surface area contributed by atoms with Gasteiger partial charge in [-0.15, -0.1) is 0 Å². The summed E-state index contributed by atoms with van der Waals surface area (Å²) in [6.07, 6.45) is 6.64. The first kappa shape index (κ1) is 10.0. The van der Waals surface area contributed by atoms with E-state index in [0.717, 1.165) is 6.61 Å². The first-order chi connectivity index (χ1) is 5.62. The van der Waals surface area contributed by atoms with Crippen LogP contribution >= 0.6 is 0 Å². The van der Waals surface area contributed by atoms with Crippen LogP contribution in [0.2, 0.25) is 0 Å². The van der Waals surface area contributed by atoms with Gasteiger partial charge < -0.3 is 4.74 Å². The molecule has 1 aliphatic carbocycles. The van der Waals surface area contributed by atoms with Crippen LogP contribution in [0.1, 0.15) is 52.9 Å². The minimum absolute atomic E-state index is 0.211. The van der Waals surface area contributed by atoms with E-state index in [9.17, 15) is 0 Å². The van der Waals surface area contributed by atoms with Crippen LogP contribution in [0.3, 0.4) is 0 Å². The Labute approximate surface area is 76.5 Å². The molecule has 1 rings (SSSR count). The third-order valence-electron chi connectivity index (χ3n) is 2.68. The van der Waals surface area contributed by atoms with Crippen molar-refractivity contribution in [2.75, 3.05) is 6.61 Å². The van der Waals surface area contributed by atoms with Gasteiger partial charge >= 0.3 is 0 Å². The standard InChI is InChI=1S/C11H22O/c1-10(2)9-12-11(3)7-5-4-6-8-11/h10H,4-9H2,1-3H3. The van der Waals surface area contributed by atoms with Gasteiger partial charge in [0.25, 0.3) is 0 Å². The van der Waals surface area contributed by atoms with Crippen LogP contribution in [-0.4, -0.2) is 12.2 Å². The molecule has 0 N–H and O–H groups in total. The van der Waals surface area contributed by atoms with Crippen LogP contribution in [0, 0.1) is 5.92 Å². The summed E-state index contributed by atoms with van der Waals surface area (Å²) in [5.41, 5.74) is 0.211. The number of hydrogen-bond acceptors (Lipinski definition) is 1. The molecule has 1 fully saturated rings. The average Bonchev–Trinajstić information content (AvgIpc) is 2.03. The van der Waals surface area contributed by atoms with Crippen molar-refractivity contribution in [3.63, 3.8) is 0 Å². The average molecular weight is 170 g/mol. The van der Waals surface area contributed by atoms with E-state index in [2.05, 4.69) is 20.8 Å². The molecule has 72 valence electrons. The molecule has 0 aliphatic heterocycles. The molecule has 0 radical (unpaired) electrons. The number of hydrogen-bond donors (Lipinski definition) is 0. The summed E-state index contributed by atoms with van der Waals surface area (Å²) >= 11 is 0. The number of ether oxygens (including phenoxy) is 1. The van der Waals surface area contributed by atoms with Gasteiger partial charge in [-0.25, -0.2) is 0 Å². The van der Waals surface area contributed by atoms with Gasteiger partial charge in [-0.2, -0.15) is 0 Å². The summed E-state index contributed by atoms with van der Waals surface area (Å²) in [6, 6.07) is 0. The lowest BCUT2D eigenvalue weighted by atomic mass is 9.86. The van der Waals surface area contributed by atoms with Crippen LogP contribution in [-0.2, 0) is 4.74 Å². The molecular weight excluding hydrogens is 148 g/mol. The zero-order chi connectivity index (χ0) is 9.03. The van der Waals surface area contributed by atoms with E-state index < -0.39 is 0 Å². The van der Waals surface area contributed by atoms with Gasteiger partial charge in [0.2, 0.25) is 0 Å². The van der Waals surface area contributed by atoms with Gasteiger partial charge in [0.15, 0.2) is 0 Å². The summed E-state index contributed by atoms with van der Waals surface area (Å²) in [5.74, 6) is 0.670. The molecule has 0 spiro atoms. The fourth-order valence-corrected chi connectivity index (χ4v) is 1.81. The topological polar surface area (TPSA) is 9.23 Å². The van der Waals surface area contributed by atoms with Crippen molar-refractivity contribution >= 4 is 0 Å². The third-order valence-corrected chi connectivity index (χ3v) is 2.68. The predicted molar refractivity (Wildman–Crippen MR) is 52.3 cm³/mol. The summed E-state index contributed by atoms with van der Waals surface area (Å²) in [5, 5.41) is 0. The van der Waals surface area contributed by atoms with E-state index in [1.165, 1.54) is 32.1 Å². The Bertz CT molecular complexity index is 123. The fourth-order valence-electron chi connectivity index (χ4n) is 1.81. The highest BCUT2D eigenvalue weighted by Gasteiger charge is 2.27. The molecule has 0 aromatic carbocycles.